The van der Waals surface area contributed by atoms with Gasteiger partial charge in [0.1, 0.15) is 11.2 Å². The third-order valence-corrected chi connectivity index (χ3v) is 2.52. The van der Waals surface area contributed by atoms with E-state index in [4.69, 9.17) is 5.11 Å². The van der Waals surface area contributed by atoms with Crippen molar-refractivity contribution < 1.29 is 13.9 Å². The summed E-state index contributed by atoms with van der Waals surface area (Å²) in [6.45, 7) is -0.726. The van der Waals surface area contributed by atoms with Crippen LogP contribution in [0.3, 0.4) is 0 Å². The Bertz CT molecular complexity index is 718. The van der Waals surface area contributed by atoms with E-state index >= 15 is 0 Å². The van der Waals surface area contributed by atoms with Gasteiger partial charge in [-0.25, -0.2) is 13.6 Å². The monoisotopic (exact) mass is 242 g/mol. The molecule has 0 bridgehead atoms. The Labute approximate surface area is 92.9 Å². The third-order valence-electron chi connectivity index (χ3n) is 2.52. The first-order valence-corrected chi connectivity index (χ1v) is 4.68. The average molecular weight is 242 g/mol. The number of aliphatic hydroxyl groups excluding tert-OH is 1. The second-order valence-corrected chi connectivity index (χ2v) is 3.53. The highest BCUT2D eigenvalue weighted by molar-refractivity contribution is 5.79. The number of hydrogen-bond donors (Lipinski definition) is 2. The zero-order valence-corrected chi connectivity index (χ0v) is 8.75. The van der Waals surface area contributed by atoms with E-state index in [1.807, 2.05) is 0 Å². The molecule has 0 radical (unpaired) electrons. The lowest BCUT2D eigenvalue weighted by Crippen LogP contribution is -2.33. The number of aromatic amines is 1. The zero-order valence-electron chi connectivity index (χ0n) is 8.75. The van der Waals surface area contributed by atoms with Gasteiger partial charge in [0.15, 0.2) is 5.82 Å². The predicted molar refractivity (Wildman–Crippen MR) is 55.6 cm³/mol. The second kappa shape index (κ2) is 3.77. The average Bonchev–Trinajstić information content (AvgIpc) is 2.30. The molecule has 0 spiro atoms. The minimum Gasteiger partial charge on any atom is -0.392 e. The summed E-state index contributed by atoms with van der Waals surface area (Å²) in [4.78, 5) is 24.9. The topological polar surface area (TPSA) is 75.1 Å². The van der Waals surface area contributed by atoms with Crippen molar-refractivity contribution in [2.24, 2.45) is 7.05 Å². The number of H-pyrrole nitrogens is 1. The van der Waals surface area contributed by atoms with E-state index < -0.39 is 40.4 Å². The van der Waals surface area contributed by atoms with Crippen molar-refractivity contribution in [1.82, 2.24) is 9.55 Å². The highest BCUT2D eigenvalue weighted by Gasteiger charge is 2.16. The molecule has 0 amide bonds. The van der Waals surface area contributed by atoms with Crippen molar-refractivity contribution in [3.8, 4) is 0 Å². The molecular weight excluding hydrogens is 234 g/mol. The summed E-state index contributed by atoms with van der Waals surface area (Å²) in [6, 6.07) is 0.734. The molecule has 2 N–H and O–H groups in total. The van der Waals surface area contributed by atoms with E-state index in [0.29, 0.717) is 4.57 Å². The molecule has 0 fully saturated rings. The van der Waals surface area contributed by atoms with Crippen molar-refractivity contribution in [3.05, 3.63) is 44.1 Å². The molecule has 2 rings (SSSR count). The number of nitrogens with one attached hydrogen (secondary N) is 1. The Morgan fingerprint density at radius 2 is 2.06 bits per heavy atom. The second-order valence-electron chi connectivity index (χ2n) is 3.53. The summed E-state index contributed by atoms with van der Waals surface area (Å²) in [5.74, 6) is -1.99. The van der Waals surface area contributed by atoms with E-state index in [2.05, 4.69) is 4.98 Å². The molecule has 0 aliphatic heterocycles. The molecule has 17 heavy (non-hydrogen) atoms. The minimum absolute atomic E-state index is 0.320. The molecule has 5 nitrogen and oxygen atoms in total. The lowest BCUT2D eigenvalue weighted by Gasteiger charge is -2.06. The quantitative estimate of drug-likeness (QED) is 0.739. The first kappa shape index (κ1) is 11.5. The van der Waals surface area contributed by atoms with Crippen LogP contribution in [-0.4, -0.2) is 14.7 Å². The van der Waals surface area contributed by atoms with Crippen molar-refractivity contribution >= 4 is 10.9 Å². The van der Waals surface area contributed by atoms with Gasteiger partial charge in [0.25, 0.3) is 5.56 Å². The molecule has 2 aromatic rings. The molecule has 0 saturated carbocycles. The molecular formula is C10H8F2N2O3. The number of rotatable bonds is 1. The molecule has 0 atom stereocenters. The van der Waals surface area contributed by atoms with Crippen molar-refractivity contribution in [3.63, 3.8) is 0 Å². The molecule has 0 aliphatic rings. The zero-order chi connectivity index (χ0) is 12.7. The maximum absolute atomic E-state index is 13.7. The Balaban J connectivity index is 3.11. The van der Waals surface area contributed by atoms with E-state index in [0.717, 1.165) is 13.1 Å². The first-order chi connectivity index (χ1) is 7.97. The predicted octanol–water partition coefficient (Wildman–Crippen LogP) is -0.00270. The van der Waals surface area contributed by atoms with Crippen LogP contribution in [-0.2, 0) is 13.7 Å². The largest absolute Gasteiger partial charge is 0.392 e. The van der Waals surface area contributed by atoms with Gasteiger partial charge in [-0.1, -0.05) is 0 Å². The van der Waals surface area contributed by atoms with Crippen molar-refractivity contribution in [1.29, 1.82) is 0 Å². The first-order valence-electron chi connectivity index (χ1n) is 4.68. The summed E-state index contributed by atoms with van der Waals surface area (Å²) < 4.78 is 27.9. The van der Waals surface area contributed by atoms with Gasteiger partial charge in [0.2, 0.25) is 0 Å². The van der Waals surface area contributed by atoms with Gasteiger partial charge in [0.05, 0.1) is 12.1 Å². The minimum atomic E-state index is -1.00. The number of hydrogen-bond acceptors (Lipinski definition) is 3. The lowest BCUT2D eigenvalue weighted by atomic mass is 10.1. The molecule has 7 heteroatoms. The Morgan fingerprint density at radius 3 is 2.65 bits per heavy atom. The van der Waals surface area contributed by atoms with E-state index in [1.54, 1.807) is 0 Å². The molecule has 1 heterocycles. The Hall–Kier alpha value is -2.02. The normalized spacial score (nSPS) is 11.1. The van der Waals surface area contributed by atoms with Crippen LogP contribution >= 0.6 is 0 Å². The van der Waals surface area contributed by atoms with Crippen molar-refractivity contribution in [2.45, 2.75) is 6.61 Å². The fraction of sp³-hybridized carbons (Fsp3) is 0.200. The standard InChI is InChI=1S/C10H8F2N2O3/c1-14-9(16)6-5(11)2-4(3-15)7(12)8(6)13-10(14)17/h2,15H,3H2,1H3,(H,13,17). The molecule has 0 unspecified atom stereocenters. The summed E-state index contributed by atoms with van der Waals surface area (Å²) >= 11 is 0. The van der Waals surface area contributed by atoms with Gasteiger partial charge >= 0.3 is 5.69 Å². The van der Waals surface area contributed by atoms with Gasteiger partial charge in [-0.3, -0.25) is 9.36 Å². The number of aliphatic hydroxyl groups is 1. The Kier molecular flexibility index (Phi) is 2.55. The fourth-order valence-corrected chi connectivity index (χ4v) is 1.57. The maximum atomic E-state index is 13.7. The lowest BCUT2D eigenvalue weighted by molar-refractivity contribution is 0.275. The molecule has 1 aromatic carbocycles. The van der Waals surface area contributed by atoms with E-state index in [1.165, 1.54) is 0 Å². The van der Waals surface area contributed by atoms with E-state index in [-0.39, 0.29) is 5.56 Å². The van der Waals surface area contributed by atoms with Gasteiger partial charge in [-0.15, -0.1) is 0 Å². The van der Waals surface area contributed by atoms with E-state index in [9.17, 15) is 18.4 Å². The smallest absolute Gasteiger partial charge is 0.328 e. The number of fused-ring (bicyclic) bond motifs is 1. The van der Waals surface area contributed by atoms with Gasteiger partial charge in [-0.05, 0) is 6.07 Å². The van der Waals surface area contributed by atoms with Crippen LogP contribution in [0.15, 0.2) is 15.7 Å². The third kappa shape index (κ3) is 1.55. The van der Waals surface area contributed by atoms with Gasteiger partial charge in [-0.2, -0.15) is 0 Å². The van der Waals surface area contributed by atoms with Gasteiger partial charge < -0.3 is 10.1 Å². The highest BCUT2D eigenvalue weighted by Crippen LogP contribution is 2.19. The summed E-state index contributed by atoms with van der Waals surface area (Å²) in [5, 5.41) is 8.27. The van der Waals surface area contributed by atoms with Crippen molar-refractivity contribution in [2.75, 3.05) is 0 Å². The summed E-state index contributed by atoms with van der Waals surface area (Å²) in [7, 11) is 1.15. The molecule has 1 aromatic heterocycles. The molecule has 0 aliphatic carbocycles. The fourth-order valence-electron chi connectivity index (χ4n) is 1.57. The van der Waals surface area contributed by atoms with Crippen LogP contribution in [0.4, 0.5) is 8.78 Å². The summed E-state index contributed by atoms with van der Waals surface area (Å²) in [5.41, 5.74) is -2.62. The number of aromatic nitrogens is 2. The van der Waals surface area contributed by atoms with Crippen LogP contribution in [0.1, 0.15) is 5.56 Å². The number of halogens is 2. The van der Waals surface area contributed by atoms with Crippen LogP contribution in [0.25, 0.3) is 10.9 Å². The van der Waals surface area contributed by atoms with Gasteiger partial charge in [0, 0.05) is 12.6 Å². The number of nitrogens with zero attached hydrogens (tertiary/aromatic N) is 1. The SMILES string of the molecule is Cn1c(=O)[nH]c2c(F)c(CO)cc(F)c2c1=O. The molecule has 0 saturated heterocycles. The van der Waals surface area contributed by atoms with Crippen LogP contribution in [0.5, 0.6) is 0 Å². The van der Waals surface area contributed by atoms with Crippen LogP contribution < -0.4 is 11.2 Å². The highest BCUT2D eigenvalue weighted by atomic mass is 19.1. The van der Waals surface area contributed by atoms with Crippen LogP contribution in [0.2, 0.25) is 0 Å². The molecule has 90 valence electrons. The Morgan fingerprint density at radius 1 is 1.41 bits per heavy atom. The summed E-state index contributed by atoms with van der Waals surface area (Å²) in [6.07, 6.45) is 0. The number of benzene rings is 1. The van der Waals surface area contributed by atoms with Crippen LogP contribution in [0, 0.1) is 11.6 Å². The maximum Gasteiger partial charge on any atom is 0.328 e.